The van der Waals surface area contributed by atoms with Crippen molar-refractivity contribution in [3.8, 4) is 0 Å². The molecule has 0 aromatic carbocycles. The maximum absolute atomic E-state index is 5.91. The molecular weight excluding hydrogens is 214 g/mol. The van der Waals surface area contributed by atoms with Gasteiger partial charge in [-0.25, -0.2) is 0 Å². The average molecular weight is 230 g/mol. The molecule has 3 heteroatoms. The van der Waals surface area contributed by atoms with Gasteiger partial charge in [-0.1, -0.05) is 24.4 Å². The van der Waals surface area contributed by atoms with Crippen LogP contribution in [0, 0.1) is 0 Å². The summed E-state index contributed by atoms with van der Waals surface area (Å²) in [6.07, 6.45) is 6.54. The van der Waals surface area contributed by atoms with Crippen molar-refractivity contribution in [2.75, 3.05) is 6.54 Å². The summed E-state index contributed by atoms with van der Waals surface area (Å²) in [6, 6.07) is 2.77. The minimum Gasteiger partial charge on any atom is -0.314 e. The quantitative estimate of drug-likeness (QED) is 0.819. The minimum atomic E-state index is 0.670. The molecule has 1 atom stereocenters. The third kappa shape index (κ3) is 2.97. The number of halogens is 1. The van der Waals surface area contributed by atoms with Crippen LogP contribution in [0.4, 0.5) is 0 Å². The number of nitrogens with one attached hydrogen (secondary N) is 1. The van der Waals surface area contributed by atoms with Crippen LogP contribution in [-0.4, -0.2) is 12.6 Å². The van der Waals surface area contributed by atoms with E-state index in [1.54, 1.807) is 11.3 Å². The molecule has 78 valence electrons. The van der Waals surface area contributed by atoms with Gasteiger partial charge >= 0.3 is 0 Å². The lowest BCUT2D eigenvalue weighted by Crippen LogP contribution is -2.29. The van der Waals surface area contributed by atoms with Gasteiger partial charge in [0.2, 0.25) is 0 Å². The van der Waals surface area contributed by atoms with Gasteiger partial charge < -0.3 is 5.32 Å². The van der Waals surface area contributed by atoms with E-state index < -0.39 is 0 Å². The molecule has 0 bridgehead atoms. The van der Waals surface area contributed by atoms with E-state index in [1.807, 2.05) is 0 Å². The summed E-state index contributed by atoms with van der Waals surface area (Å²) in [4.78, 5) is 0. The molecule has 1 aromatic rings. The van der Waals surface area contributed by atoms with E-state index in [0.29, 0.717) is 6.04 Å². The van der Waals surface area contributed by atoms with Crippen molar-refractivity contribution in [3.05, 3.63) is 21.3 Å². The standard InChI is InChI=1S/C11H16ClNS/c12-11-7-9(8-14-11)6-10-4-2-1-3-5-13-10/h7-8,10,13H,1-6H2. The van der Waals surface area contributed by atoms with Crippen molar-refractivity contribution in [1.82, 2.24) is 5.32 Å². The molecule has 1 saturated heterocycles. The summed E-state index contributed by atoms with van der Waals surface area (Å²) in [5.74, 6) is 0. The van der Waals surface area contributed by atoms with Crippen molar-refractivity contribution in [2.45, 2.75) is 38.1 Å². The first-order valence-electron chi connectivity index (χ1n) is 5.31. The van der Waals surface area contributed by atoms with Gasteiger partial charge in [-0.05, 0) is 42.8 Å². The molecule has 1 fully saturated rings. The zero-order chi connectivity index (χ0) is 9.80. The predicted molar refractivity (Wildman–Crippen MR) is 63.3 cm³/mol. The van der Waals surface area contributed by atoms with Crippen molar-refractivity contribution < 1.29 is 0 Å². The summed E-state index contributed by atoms with van der Waals surface area (Å²) in [5.41, 5.74) is 1.39. The van der Waals surface area contributed by atoms with Gasteiger partial charge in [-0.2, -0.15) is 0 Å². The largest absolute Gasteiger partial charge is 0.314 e. The Bertz CT molecular complexity index is 277. The SMILES string of the molecule is Clc1cc(CC2CCCCCN2)cs1. The molecule has 1 aliphatic rings. The molecule has 1 nitrogen and oxygen atoms in total. The van der Waals surface area contributed by atoms with Crippen molar-refractivity contribution in [3.63, 3.8) is 0 Å². The normalized spacial score (nSPS) is 23.4. The molecule has 14 heavy (non-hydrogen) atoms. The molecule has 0 aliphatic carbocycles. The van der Waals surface area contributed by atoms with Crippen molar-refractivity contribution in [1.29, 1.82) is 0 Å². The van der Waals surface area contributed by atoms with Crippen LogP contribution in [0.15, 0.2) is 11.4 Å². The van der Waals surface area contributed by atoms with E-state index in [2.05, 4.69) is 16.8 Å². The maximum atomic E-state index is 5.91. The zero-order valence-corrected chi connectivity index (χ0v) is 9.83. The lowest BCUT2D eigenvalue weighted by molar-refractivity contribution is 0.508. The van der Waals surface area contributed by atoms with Gasteiger partial charge in [0.25, 0.3) is 0 Å². The highest BCUT2D eigenvalue weighted by atomic mass is 35.5. The molecule has 1 unspecified atom stereocenters. The number of hydrogen-bond acceptors (Lipinski definition) is 2. The van der Waals surface area contributed by atoms with Crippen LogP contribution >= 0.6 is 22.9 Å². The number of rotatable bonds is 2. The Morgan fingerprint density at radius 3 is 3.14 bits per heavy atom. The summed E-state index contributed by atoms with van der Waals surface area (Å²) in [6.45, 7) is 1.18. The van der Waals surface area contributed by atoms with Crippen LogP contribution in [-0.2, 0) is 6.42 Å². The van der Waals surface area contributed by atoms with Gasteiger partial charge in [0, 0.05) is 6.04 Å². The van der Waals surface area contributed by atoms with E-state index in [1.165, 1.54) is 37.8 Å². The van der Waals surface area contributed by atoms with E-state index in [0.717, 1.165) is 10.8 Å². The average Bonchev–Trinajstić information content (AvgIpc) is 2.43. The molecular formula is C11H16ClNS. The molecule has 2 heterocycles. The van der Waals surface area contributed by atoms with E-state index in [9.17, 15) is 0 Å². The second-order valence-electron chi connectivity index (χ2n) is 3.96. The topological polar surface area (TPSA) is 12.0 Å². The molecule has 0 spiro atoms. The molecule has 0 radical (unpaired) electrons. The summed E-state index contributed by atoms with van der Waals surface area (Å²) in [5, 5.41) is 5.78. The predicted octanol–water partition coefficient (Wildman–Crippen LogP) is 3.48. The fourth-order valence-corrected chi connectivity index (χ4v) is 2.93. The molecule has 0 saturated carbocycles. The zero-order valence-electron chi connectivity index (χ0n) is 8.26. The molecule has 2 rings (SSSR count). The third-order valence-corrected chi connectivity index (χ3v) is 3.91. The monoisotopic (exact) mass is 229 g/mol. The fraction of sp³-hybridized carbons (Fsp3) is 0.636. The van der Waals surface area contributed by atoms with Crippen molar-refractivity contribution in [2.24, 2.45) is 0 Å². The Hall–Kier alpha value is -0.0500. The van der Waals surface area contributed by atoms with Gasteiger partial charge in [-0.3, -0.25) is 0 Å². The van der Waals surface area contributed by atoms with E-state index >= 15 is 0 Å². The molecule has 0 amide bonds. The highest BCUT2D eigenvalue weighted by molar-refractivity contribution is 7.14. The first-order chi connectivity index (χ1) is 6.84. The smallest absolute Gasteiger partial charge is 0.0931 e. The Kier molecular flexibility index (Phi) is 3.85. The van der Waals surface area contributed by atoms with Crippen LogP contribution in [0.2, 0.25) is 4.34 Å². The molecule has 1 N–H and O–H groups in total. The highest BCUT2D eigenvalue weighted by Crippen LogP contribution is 2.22. The second-order valence-corrected chi connectivity index (χ2v) is 5.51. The van der Waals surface area contributed by atoms with Crippen LogP contribution in [0.1, 0.15) is 31.2 Å². The van der Waals surface area contributed by atoms with Gasteiger partial charge in [-0.15, -0.1) is 11.3 Å². The van der Waals surface area contributed by atoms with Crippen LogP contribution in [0.25, 0.3) is 0 Å². The van der Waals surface area contributed by atoms with Gasteiger partial charge in [0.05, 0.1) is 4.34 Å². The van der Waals surface area contributed by atoms with E-state index in [-0.39, 0.29) is 0 Å². The lowest BCUT2D eigenvalue weighted by atomic mass is 10.0. The summed E-state index contributed by atoms with van der Waals surface area (Å²) < 4.78 is 0.911. The number of thiophene rings is 1. The Morgan fingerprint density at radius 1 is 1.43 bits per heavy atom. The highest BCUT2D eigenvalue weighted by Gasteiger charge is 2.12. The summed E-state index contributed by atoms with van der Waals surface area (Å²) in [7, 11) is 0. The third-order valence-electron chi connectivity index (χ3n) is 2.77. The van der Waals surface area contributed by atoms with Crippen LogP contribution < -0.4 is 5.32 Å². The van der Waals surface area contributed by atoms with Crippen LogP contribution in [0.5, 0.6) is 0 Å². The van der Waals surface area contributed by atoms with Crippen LogP contribution in [0.3, 0.4) is 0 Å². The second kappa shape index (κ2) is 5.15. The van der Waals surface area contributed by atoms with E-state index in [4.69, 9.17) is 11.6 Å². The lowest BCUT2D eigenvalue weighted by Gasteiger charge is -2.14. The minimum absolute atomic E-state index is 0.670. The first-order valence-corrected chi connectivity index (χ1v) is 6.56. The Balaban J connectivity index is 1.89. The molecule has 1 aliphatic heterocycles. The summed E-state index contributed by atoms with van der Waals surface area (Å²) >= 11 is 7.54. The Morgan fingerprint density at radius 2 is 2.36 bits per heavy atom. The molecule has 1 aromatic heterocycles. The van der Waals surface area contributed by atoms with Gasteiger partial charge in [0.15, 0.2) is 0 Å². The van der Waals surface area contributed by atoms with Crippen molar-refractivity contribution >= 4 is 22.9 Å². The first kappa shape index (κ1) is 10.5. The maximum Gasteiger partial charge on any atom is 0.0931 e. The van der Waals surface area contributed by atoms with Gasteiger partial charge in [0.1, 0.15) is 0 Å². The Labute approximate surface area is 94.5 Å². The fourth-order valence-electron chi connectivity index (χ4n) is 2.01. The number of hydrogen-bond donors (Lipinski definition) is 1.